The molecule has 1 atom stereocenters. The molecule has 0 bridgehead atoms. The summed E-state index contributed by atoms with van der Waals surface area (Å²) < 4.78 is 44.4. The lowest BCUT2D eigenvalue weighted by Gasteiger charge is -2.27. The van der Waals surface area contributed by atoms with Crippen LogP contribution in [-0.4, -0.2) is 30.9 Å². The van der Waals surface area contributed by atoms with E-state index in [-0.39, 0.29) is 17.9 Å². The van der Waals surface area contributed by atoms with Gasteiger partial charge in [0.05, 0.1) is 7.11 Å². The number of carbonyl (C=O) groups excluding carboxylic acids is 2. The lowest BCUT2D eigenvalue weighted by atomic mass is 10.0. The second-order valence-corrected chi connectivity index (χ2v) is 5.33. The van der Waals surface area contributed by atoms with E-state index in [1.807, 2.05) is 13.8 Å². The van der Waals surface area contributed by atoms with Crippen LogP contribution in [0.3, 0.4) is 0 Å². The van der Waals surface area contributed by atoms with Crippen LogP contribution >= 0.6 is 0 Å². The Labute approximate surface area is 126 Å². The van der Waals surface area contributed by atoms with Crippen LogP contribution in [0.25, 0.3) is 0 Å². The molecule has 4 nitrogen and oxygen atoms in total. The smallest absolute Gasteiger partial charge is 0.333 e. The number of likely N-dealkylation sites (N-methyl/N-ethyl adjacent to an activating group) is 1. The van der Waals surface area contributed by atoms with E-state index < -0.39 is 35.4 Å². The second-order valence-electron chi connectivity index (χ2n) is 5.33. The summed E-state index contributed by atoms with van der Waals surface area (Å²) in [6.45, 7) is 3.63. The first-order valence-corrected chi connectivity index (χ1v) is 6.67. The van der Waals surface area contributed by atoms with E-state index in [0.29, 0.717) is 12.1 Å². The Hall–Kier alpha value is -2.05. The summed E-state index contributed by atoms with van der Waals surface area (Å²) in [7, 11) is 2.41. The minimum Gasteiger partial charge on any atom is -0.467 e. The van der Waals surface area contributed by atoms with Gasteiger partial charge < -0.3 is 9.64 Å². The van der Waals surface area contributed by atoms with E-state index in [1.165, 1.54) is 7.05 Å². The van der Waals surface area contributed by atoms with Crippen LogP contribution in [0, 0.1) is 23.4 Å². The van der Waals surface area contributed by atoms with Crippen molar-refractivity contribution in [3.8, 4) is 0 Å². The van der Waals surface area contributed by atoms with E-state index in [0.717, 1.165) is 12.0 Å². The summed E-state index contributed by atoms with van der Waals surface area (Å²) in [5.74, 6) is -5.73. The molecule has 0 N–H and O–H groups in total. The highest BCUT2D eigenvalue weighted by atomic mass is 19.2. The third-order valence-corrected chi connectivity index (χ3v) is 3.11. The standard InChI is InChI=1S/C15H18F3NO3/c1-8(2)5-12(20)19(3)14(15(21)22-4)9-6-10(16)13(18)11(17)7-9/h6-8,14H,5H2,1-4H3/t14-/m0/s1. The van der Waals surface area contributed by atoms with Gasteiger partial charge in [0.25, 0.3) is 0 Å². The van der Waals surface area contributed by atoms with Crippen LogP contribution in [0.15, 0.2) is 12.1 Å². The average molecular weight is 317 g/mol. The van der Waals surface area contributed by atoms with Crippen molar-refractivity contribution in [3.63, 3.8) is 0 Å². The molecule has 22 heavy (non-hydrogen) atoms. The Morgan fingerprint density at radius 1 is 1.18 bits per heavy atom. The molecule has 0 spiro atoms. The number of benzene rings is 1. The molecular weight excluding hydrogens is 299 g/mol. The number of esters is 1. The molecule has 1 rings (SSSR count). The highest BCUT2D eigenvalue weighted by Crippen LogP contribution is 2.25. The maximum atomic E-state index is 13.4. The molecule has 0 aliphatic heterocycles. The predicted molar refractivity (Wildman–Crippen MR) is 73.3 cm³/mol. The van der Waals surface area contributed by atoms with Crippen molar-refractivity contribution in [1.82, 2.24) is 4.90 Å². The van der Waals surface area contributed by atoms with Gasteiger partial charge in [0.2, 0.25) is 5.91 Å². The lowest BCUT2D eigenvalue weighted by molar-refractivity contribution is -0.152. The van der Waals surface area contributed by atoms with Gasteiger partial charge in [-0.3, -0.25) is 4.79 Å². The van der Waals surface area contributed by atoms with Crippen LogP contribution in [0.2, 0.25) is 0 Å². The number of hydrogen-bond donors (Lipinski definition) is 0. The number of amides is 1. The zero-order valence-corrected chi connectivity index (χ0v) is 12.8. The number of ether oxygens (including phenoxy) is 1. The number of rotatable bonds is 5. The molecule has 1 aromatic rings. The van der Waals surface area contributed by atoms with E-state index >= 15 is 0 Å². The highest BCUT2D eigenvalue weighted by Gasteiger charge is 2.31. The summed E-state index contributed by atoms with van der Waals surface area (Å²) in [6.07, 6.45) is 0.149. The third-order valence-electron chi connectivity index (χ3n) is 3.11. The fraction of sp³-hybridized carbons (Fsp3) is 0.467. The molecule has 122 valence electrons. The lowest BCUT2D eigenvalue weighted by Crippen LogP contribution is -2.37. The molecule has 0 aliphatic rings. The van der Waals surface area contributed by atoms with Gasteiger partial charge in [-0.15, -0.1) is 0 Å². The predicted octanol–water partition coefficient (Wildman–Crippen LogP) is 2.82. The Morgan fingerprint density at radius 2 is 1.68 bits per heavy atom. The fourth-order valence-electron chi connectivity index (χ4n) is 2.00. The zero-order valence-electron chi connectivity index (χ0n) is 12.8. The van der Waals surface area contributed by atoms with E-state index in [4.69, 9.17) is 0 Å². The van der Waals surface area contributed by atoms with Crippen molar-refractivity contribution in [2.45, 2.75) is 26.3 Å². The highest BCUT2D eigenvalue weighted by molar-refractivity contribution is 5.85. The Bertz CT molecular complexity index is 552. The van der Waals surface area contributed by atoms with Gasteiger partial charge >= 0.3 is 5.97 Å². The van der Waals surface area contributed by atoms with Crippen molar-refractivity contribution in [2.24, 2.45) is 5.92 Å². The molecule has 1 amide bonds. The Balaban J connectivity index is 3.24. The van der Waals surface area contributed by atoms with Crippen LogP contribution < -0.4 is 0 Å². The topological polar surface area (TPSA) is 46.6 Å². The first-order valence-electron chi connectivity index (χ1n) is 6.67. The molecule has 0 saturated heterocycles. The van der Waals surface area contributed by atoms with Crippen LogP contribution in [0.1, 0.15) is 31.9 Å². The molecule has 0 aromatic heterocycles. The first kappa shape index (κ1) is 18.0. The average Bonchev–Trinajstić information content (AvgIpc) is 2.43. The summed E-state index contributed by atoms with van der Waals surface area (Å²) in [6, 6.07) is 0.0130. The van der Waals surface area contributed by atoms with Gasteiger partial charge in [0, 0.05) is 13.5 Å². The van der Waals surface area contributed by atoms with Gasteiger partial charge in [-0.1, -0.05) is 13.8 Å². The van der Waals surface area contributed by atoms with Crippen molar-refractivity contribution in [2.75, 3.05) is 14.2 Å². The van der Waals surface area contributed by atoms with Gasteiger partial charge in [0.1, 0.15) is 0 Å². The van der Waals surface area contributed by atoms with Crippen molar-refractivity contribution in [3.05, 3.63) is 35.1 Å². The summed E-state index contributed by atoms with van der Waals surface area (Å²) in [4.78, 5) is 25.0. The van der Waals surface area contributed by atoms with E-state index in [1.54, 1.807) is 0 Å². The van der Waals surface area contributed by atoms with Crippen LogP contribution in [0.4, 0.5) is 13.2 Å². The summed E-state index contributed by atoms with van der Waals surface area (Å²) in [5.41, 5.74) is -0.192. The van der Waals surface area contributed by atoms with E-state index in [9.17, 15) is 22.8 Å². The van der Waals surface area contributed by atoms with E-state index in [2.05, 4.69) is 4.74 Å². The third kappa shape index (κ3) is 3.99. The molecule has 0 fully saturated rings. The largest absolute Gasteiger partial charge is 0.467 e. The summed E-state index contributed by atoms with van der Waals surface area (Å²) in [5, 5.41) is 0. The molecular formula is C15H18F3NO3. The normalized spacial score (nSPS) is 12.2. The molecule has 0 unspecified atom stereocenters. The minimum absolute atomic E-state index is 0.0370. The van der Waals surface area contributed by atoms with Gasteiger partial charge in [0.15, 0.2) is 23.5 Å². The number of nitrogens with zero attached hydrogens (tertiary/aromatic N) is 1. The first-order chi connectivity index (χ1) is 10.2. The van der Waals surface area contributed by atoms with Crippen molar-refractivity contribution in [1.29, 1.82) is 0 Å². The number of hydrogen-bond acceptors (Lipinski definition) is 3. The monoisotopic (exact) mass is 317 g/mol. The second kappa shape index (κ2) is 7.29. The number of methoxy groups -OCH3 is 1. The maximum absolute atomic E-state index is 13.4. The SMILES string of the molecule is COC(=O)[C@H](c1cc(F)c(F)c(F)c1)N(C)C(=O)CC(C)C. The van der Waals surface area contributed by atoms with Gasteiger partial charge in [-0.2, -0.15) is 0 Å². The minimum atomic E-state index is -1.64. The van der Waals surface area contributed by atoms with Crippen LogP contribution in [-0.2, 0) is 14.3 Å². The molecule has 0 saturated carbocycles. The van der Waals surface area contributed by atoms with Crippen molar-refractivity contribution < 1.29 is 27.5 Å². The van der Waals surface area contributed by atoms with Gasteiger partial charge in [-0.25, -0.2) is 18.0 Å². The number of carbonyl (C=O) groups is 2. The zero-order chi connectivity index (χ0) is 17.0. The fourth-order valence-corrected chi connectivity index (χ4v) is 2.00. The Morgan fingerprint density at radius 3 is 2.09 bits per heavy atom. The van der Waals surface area contributed by atoms with Gasteiger partial charge in [-0.05, 0) is 23.6 Å². The molecule has 7 heteroatoms. The summed E-state index contributed by atoms with van der Waals surface area (Å²) >= 11 is 0. The molecule has 1 aromatic carbocycles. The maximum Gasteiger partial charge on any atom is 0.333 e. The number of halogens is 3. The molecule has 0 heterocycles. The Kier molecular flexibility index (Phi) is 5.96. The van der Waals surface area contributed by atoms with Crippen molar-refractivity contribution >= 4 is 11.9 Å². The quantitative estimate of drug-likeness (QED) is 0.620. The molecule has 0 aliphatic carbocycles. The van der Waals surface area contributed by atoms with Crippen LogP contribution in [0.5, 0.6) is 0 Å². The molecule has 0 radical (unpaired) electrons.